The topological polar surface area (TPSA) is 127 Å². The molecule has 12 heteroatoms. The first-order chi connectivity index (χ1) is 15.5. The zero-order valence-electron chi connectivity index (χ0n) is 17.4. The lowest BCUT2D eigenvalue weighted by atomic mass is 10.1. The molecule has 168 valence electrons. The van der Waals surface area contributed by atoms with Crippen LogP contribution >= 0.6 is 23.1 Å². The second-order valence-electron chi connectivity index (χ2n) is 6.24. The van der Waals surface area contributed by atoms with Crippen molar-refractivity contribution in [3.63, 3.8) is 0 Å². The summed E-state index contributed by atoms with van der Waals surface area (Å²) in [5, 5.41) is 13.3. The zero-order chi connectivity index (χ0) is 22.9. The quantitative estimate of drug-likeness (QED) is 0.356. The minimum Gasteiger partial charge on any atom is -0.467 e. The average Bonchev–Trinajstić information content (AvgIpc) is 3.47. The largest absolute Gasteiger partial charge is 0.467 e. The molecule has 0 unspecified atom stereocenters. The second-order valence-corrected chi connectivity index (χ2v) is 8.44. The molecule has 2 heterocycles. The molecule has 3 amide bonds. The van der Waals surface area contributed by atoms with Crippen molar-refractivity contribution in [3.8, 4) is 0 Å². The maximum Gasteiger partial charge on any atom is 0.413 e. The number of aromatic nitrogens is 2. The van der Waals surface area contributed by atoms with E-state index in [9.17, 15) is 14.4 Å². The number of rotatable bonds is 9. The van der Waals surface area contributed by atoms with Gasteiger partial charge in [-0.3, -0.25) is 14.9 Å². The molecule has 0 aliphatic carbocycles. The second kappa shape index (κ2) is 11.3. The van der Waals surface area contributed by atoms with E-state index >= 15 is 0 Å². The highest BCUT2D eigenvalue weighted by Gasteiger charge is 2.19. The summed E-state index contributed by atoms with van der Waals surface area (Å²) in [5.41, 5.74) is 0.855. The molecule has 0 spiro atoms. The molecule has 0 radical (unpaired) electrons. The number of hydrogen-bond donors (Lipinski definition) is 2. The summed E-state index contributed by atoms with van der Waals surface area (Å²) >= 11 is 2.32. The molecule has 0 aliphatic heterocycles. The van der Waals surface area contributed by atoms with Crippen LogP contribution in [-0.4, -0.2) is 47.5 Å². The van der Waals surface area contributed by atoms with Crippen molar-refractivity contribution < 1.29 is 23.5 Å². The third-order valence-corrected chi connectivity index (χ3v) is 6.05. The third kappa shape index (κ3) is 6.31. The number of thioether (sulfide) groups is 1. The number of carbonyl (C=O) groups excluding carboxylic acids is 3. The first kappa shape index (κ1) is 23.3. The first-order valence-corrected chi connectivity index (χ1v) is 11.3. The molecule has 2 aromatic heterocycles. The Hall–Kier alpha value is -3.38. The molecular weight excluding hydrogens is 454 g/mol. The lowest BCUT2D eigenvalue weighted by molar-refractivity contribution is -0.115. The number of furan rings is 1. The van der Waals surface area contributed by atoms with Crippen molar-refractivity contribution >= 4 is 51.8 Å². The van der Waals surface area contributed by atoms with Crippen molar-refractivity contribution in [3.05, 3.63) is 54.0 Å². The molecule has 0 saturated heterocycles. The summed E-state index contributed by atoms with van der Waals surface area (Å²) in [6.45, 7) is 2.19. The van der Waals surface area contributed by atoms with E-state index in [0.717, 1.165) is 11.3 Å². The molecule has 0 saturated carbocycles. The van der Waals surface area contributed by atoms with E-state index in [-0.39, 0.29) is 35.9 Å². The van der Waals surface area contributed by atoms with Crippen molar-refractivity contribution in [1.29, 1.82) is 0 Å². The van der Waals surface area contributed by atoms with Crippen LogP contribution < -0.4 is 15.5 Å². The van der Waals surface area contributed by atoms with Crippen LogP contribution in [0.25, 0.3) is 0 Å². The maximum atomic E-state index is 12.7. The number of hydrogen-bond acceptors (Lipinski definition) is 9. The third-order valence-electron chi connectivity index (χ3n) is 4.10. The Balaban J connectivity index is 1.58. The first-order valence-electron chi connectivity index (χ1n) is 9.54. The van der Waals surface area contributed by atoms with Gasteiger partial charge in [-0.15, -0.1) is 10.2 Å². The molecule has 0 atom stereocenters. The van der Waals surface area contributed by atoms with Crippen molar-refractivity contribution in [2.24, 2.45) is 0 Å². The summed E-state index contributed by atoms with van der Waals surface area (Å²) in [6, 6.07) is 10.4. The van der Waals surface area contributed by atoms with Crippen LogP contribution in [0.4, 0.5) is 15.6 Å². The maximum absolute atomic E-state index is 12.7. The summed E-state index contributed by atoms with van der Waals surface area (Å²) in [7, 11) is 1.61. The molecular formula is C20H21N5O5S2. The number of nitrogens with one attached hydrogen (secondary N) is 2. The van der Waals surface area contributed by atoms with E-state index in [1.54, 1.807) is 50.4 Å². The van der Waals surface area contributed by atoms with Gasteiger partial charge in [0.15, 0.2) is 4.34 Å². The molecule has 0 aliphatic rings. The molecule has 3 aromatic rings. The van der Waals surface area contributed by atoms with Crippen LogP contribution in [0, 0.1) is 0 Å². The van der Waals surface area contributed by atoms with Crippen LogP contribution in [-0.2, 0) is 16.1 Å². The van der Waals surface area contributed by atoms with E-state index in [0.29, 0.717) is 21.4 Å². The van der Waals surface area contributed by atoms with Gasteiger partial charge < -0.3 is 19.4 Å². The highest BCUT2D eigenvalue weighted by Crippen LogP contribution is 2.27. The van der Waals surface area contributed by atoms with E-state index in [1.165, 1.54) is 22.9 Å². The van der Waals surface area contributed by atoms with Crippen molar-refractivity contribution in [2.45, 2.75) is 17.8 Å². The predicted octanol–water partition coefficient (Wildman–Crippen LogP) is 3.38. The number of benzene rings is 1. The van der Waals surface area contributed by atoms with Gasteiger partial charge in [0.05, 0.1) is 36.4 Å². The van der Waals surface area contributed by atoms with Gasteiger partial charge in [0.2, 0.25) is 11.0 Å². The predicted molar refractivity (Wildman–Crippen MR) is 121 cm³/mol. The Morgan fingerprint density at radius 1 is 1.19 bits per heavy atom. The number of anilines is 2. The van der Waals surface area contributed by atoms with Crippen molar-refractivity contribution in [2.75, 3.05) is 29.6 Å². The smallest absolute Gasteiger partial charge is 0.413 e. The standard InChI is InChI=1S/C20H21N5O5S2/c1-3-29-19(28)22-18-23-24-20(32-18)31-12-16(26)25(2)15-9-5-4-8-14(15)17(27)21-11-13-7-6-10-30-13/h4-10H,3,11-12H2,1-2H3,(H,21,27)(H,22,23,28). The monoisotopic (exact) mass is 475 g/mol. The number of carbonyl (C=O) groups is 3. The molecule has 0 bridgehead atoms. The minimum absolute atomic E-state index is 0.0763. The van der Waals surface area contributed by atoms with Crippen LogP contribution in [0.1, 0.15) is 23.0 Å². The fourth-order valence-corrected chi connectivity index (χ4v) is 4.21. The van der Waals surface area contributed by atoms with E-state index in [4.69, 9.17) is 9.15 Å². The van der Waals surface area contributed by atoms with Gasteiger partial charge in [-0.25, -0.2) is 4.79 Å². The van der Waals surface area contributed by atoms with Gasteiger partial charge in [0, 0.05) is 7.05 Å². The minimum atomic E-state index is -0.613. The fraction of sp³-hybridized carbons (Fsp3) is 0.250. The summed E-state index contributed by atoms with van der Waals surface area (Å²) in [6.07, 6.45) is 0.922. The number of ether oxygens (including phenoxy) is 1. The molecule has 2 N–H and O–H groups in total. The Morgan fingerprint density at radius 2 is 2.00 bits per heavy atom. The van der Waals surface area contributed by atoms with Crippen LogP contribution in [0.15, 0.2) is 51.4 Å². The Bertz CT molecular complexity index is 1070. The normalized spacial score (nSPS) is 10.4. The lowest BCUT2D eigenvalue weighted by Crippen LogP contribution is -2.31. The molecule has 1 aromatic carbocycles. The summed E-state index contributed by atoms with van der Waals surface area (Å²) < 4.78 is 10.5. The number of nitrogens with zero attached hydrogens (tertiary/aromatic N) is 3. The zero-order valence-corrected chi connectivity index (χ0v) is 19.0. The van der Waals surface area contributed by atoms with Gasteiger partial charge in [-0.2, -0.15) is 0 Å². The van der Waals surface area contributed by atoms with E-state index < -0.39 is 6.09 Å². The Kier molecular flexibility index (Phi) is 8.22. The van der Waals surface area contributed by atoms with Gasteiger partial charge in [-0.1, -0.05) is 35.2 Å². The average molecular weight is 476 g/mol. The Morgan fingerprint density at radius 3 is 2.75 bits per heavy atom. The molecule has 3 rings (SSSR count). The molecule has 10 nitrogen and oxygen atoms in total. The molecule has 32 heavy (non-hydrogen) atoms. The number of amides is 3. The van der Waals surface area contributed by atoms with Crippen molar-refractivity contribution in [1.82, 2.24) is 15.5 Å². The van der Waals surface area contributed by atoms with Crippen LogP contribution in [0.2, 0.25) is 0 Å². The highest BCUT2D eigenvalue weighted by molar-refractivity contribution is 8.01. The van der Waals surface area contributed by atoms with E-state index in [1.807, 2.05) is 0 Å². The number of para-hydroxylation sites is 1. The summed E-state index contributed by atoms with van der Waals surface area (Å²) in [4.78, 5) is 38.2. The van der Waals surface area contributed by atoms with Crippen LogP contribution in [0.3, 0.4) is 0 Å². The fourth-order valence-electron chi connectivity index (χ4n) is 2.56. The van der Waals surface area contributed by atoms with Gasteiger partial charge in [0.25, 0.3) is 5.91 Å². The SMILES string of the molecule is CCOC(=O)Nc1nnc(SCC(=O)N(C)c2ccccc2C(=O)NCc2ccco2)s1. The lowest BCUT2D eigenvalue weighted by Gasteiger charge is -2.20. The summed E-state index contributed by atoms with van der Waals surface area (Å²) in [5.74, 6) is 0.164. The van der Waals surface area contributed by atoms with E-state index in [2.05, 4.69) is 20.8 Å². The van der Waals surface area contributed by atoms with Gasteiger partial charge in [0.1, 0.15) is 5.76 Å². The van der Waals surface area contributed by atoms with Gasteiger partial charge >= 0.3 is 6.09 Å². The Labute approximate surface area is 192 Å². The highest BCUT2D eigenvalue weighted by atomic mass is 32.2. The molecule has 0 fully saturated rings. The van der Waals surface area contributed by atoms with Gasteiger partial charge in [-0.05, 0) is 31.2 Å². The van der Waals surface area contributed by atoms with Crippen LogP contribution in [0.5, 0.6) is 0 Å².